The Labute approximate surface area is 153 Å². The zero-order valence-corrected chi connectivity index (χ0v) is 15.2. The number of carbonyl (C=O) groups is 3. The Morgan fingerprint density at radius 3 is 2.81 bits per heavy atom. The van der Waals surface area contributed by atoms with Crippen molar-refractivity contribution in [3.63, 3.8) is 0 Å². The molecule has 3 rings (SSSR count). The number of carboxylic acids is 1. The number of nitrogens with one attached hydrogen (secondary N) is 1. The first-order chi connectivity index (χ1) is 12.3. The Balaban J connectivity index is 1.92. The Morgan fingerprint density at radius 1 is 1.42 bits per heavy atom. The first-order valence-electron chi connectivity index (χ1n) is 8.23. The van der Waals surface area contributed by atoms with E-state index in [-0.39, 0.29) is 29.8 Å². The molecule has 6 nitrogen and oxygen atoms in total. The number of amides is 1. The molecule has 1 aromatic heterocycles. The van der Waals surface area contributed by atoms with Crippen LogP contribution in [0.25, 0.3) is 10.9 Å². The van der Waals surface area contributed by atoms with Crippen LogP contribution in [0.5, 0.6) is 0 Å². The Kier molecular flexibility index (Phi) is 5.04. The second-order valence-corrected chi connectivity index (χ2v) is 7.70. The highest BCUT2D eigenvalue weighted by Crippen LogP contribution is 2.32. The predicted molar refractivity (Wildman–Crippen MR) is 96.2 cm³/mol. The molecule has 8 heteroatoms. The van der Waals surface area contributed by atoms with Crippen molar-refractivity contribution in [2.45, 2.75) is 32.9 Å². The number of carbonyl (C=O) groups excluding carboxylic acids is 2. The fourth-order valence-electron chi connectivity index (χ4n) is 3.28. The Bertz CT molecular complexity index is 895. The molecular formula is C18H19FN2O4S. The molecule has 0 radical (unpaired) electrons. The van der Waals surface area contributed by atoms with Gasteiger partial charge in [-0.3, -0.25) is 9.59 Å². The second kappa shape index (κ2) is 7.11. The number of aliphatic carboxylic acids is 1. The highest BCUT2D eigenvalue weighted by atomic mass is 32.2. The summed E-state index contributed by atoms with van der Waals surface area (Å²) in [6.07, 6.45) is 0.117. The standard InChI is InChI=1S/C18H19FN2O4S/c1-9(8-26-10(2)22)17(23)21-7-15-13(6-16(21)18(24)25)12-5-11(19)3-4-14(12)20-15/h3-5,9,16,20H,6-8H2,1-2H3,(H,24,25). The number of aromatic amines is 1. The number of H-pyrrole nitrogens is 1. The van der Waals surface area contributed by atoms with Gasteiger partial charge in [-0.05, 0) is 23.8 Å². The molecule has 0 fully saturated rings. The minimum Gasteiger partial charge on any atom is -0.480 e. The van der Waals surface area contributed by atoms with E-state index in [1.54, 1.807) is 13.0 Å². The van der Waals surface area contributed by atoms with Crippen molar-refractivity contribution in [2.75, 3.05) is 5.75 Å². The van der Waals surface area contributed by atoms with Crippen LogP contribution in [-0.2, 0) is 27.3 Å². The summed E-state index contributed by atoms with van der Waals surface area (Å²) in [6.45, 7) is 3.24. The number of benzene rings is 1. The highest BCUT2D eigenvalue weighted by molar-refractivity contribution is 8.13. The number of hydrogen-bond donors (Lipinski definition) is 2. The van der Waals surface area contributed by atoms with E-state index in [1.165, 1.54) is 24.0 Å². The first kappa shape index (κ1) is 18.4. The zero-order valence-electron chi connectivity index (χ0n) is 14.4. The van der Waals surface area contributed by atoms with E-state index in [0.717, 1.165) is 28.5 Å². The molecule has 2 atom stereocenters. The van der Waals surface area contributed by atoms with Crippen LogP contribution in [0.3, 0.4) is 0 Å². The van der Waals surface area contributed by atoms with Crippen molar-refractivity contribution in [2.24, 2.45) is 5.92 Å². The molecule has 0 bridgehead atoms. The maximum Gasteiger partial charge on any atom is 0.326 e. The number of halogens is 1. The van der Waals surface area contributed by atoms with Gasteiger partial charge in [0.1, 0.15) is 11.9 Å². The quantitative estimate of drug-likeness (QED) is 0.853. The molecule has 2 unspecified atom stereocenters. The molecule has 2 N–H and O–H groups in total. The van der Waals surface area contributed by atoms with Crippen molar-refractivity contribution in [1.82, 2.24) is 9.88 Å². The molecule has 2 heterocycles. The van der Waals surface area contributed by atoms with Gasteiger partial charge in [-0.2, -0.15) is 0 Å². The maximum absolute atomic E-state index is 13.6. The molecule has 26 heavy (non-hydrogen) atoms. The van der Waals surface area contributed by atoms with Gasteiger partial charge in [-0.25, -0.2) is 9.18 Å². The summed E-state index contributed by atoms with van der Waals surface area (Å²) in [5.41, 5.74) is 2.18. The smallest absolute Gasteiger partial charge is 0.326 e. The fraction of sp³-hybridized carbons (Fsp3) is 0.389. The average molecular weight is 378 g/mol. The van der Waals surface area contributed by atoms with Crippen LogP contribution < -0.4 is 0 Å². The Hall–Kier alpha value is -2.35. The SMILES string of the molecule is CC(=O)SCC(C)C(=O)N1Cc2[nH]c3ccc(F)cc3c2CC1C(=O)O. The number of fused-ring (bicyclic) bond motifs is 3. The van der Waals surface area contributed by atoms with Crippen LogP contribution in [0, 0.1) is 11.7 Å². The number of thioether (sulfide) groups is 1. The van der Waals surface area contributed by atoms with E-state index < -0.39 is 17.9 Å². The lowest BCUT2D eigenvalue weighted by Crippen LogP contribution is -2.50. The van der Waals surface area contributed by atoms with Gasteiger partial charge >= 0.3 is 5.97 Å². The summed E-state index contributed by atoms with van der Waals surface area (Å²) in [6, 6.07) is 3.31. The molecule has 1 aliphatic rings. The first-order valence-corrected chi connectivity index (χ1v) is 9.22. The topological polar surface area (TPSA) is 90.5 Å². The van der Waals surface area contributed by atoms with Crippen LogP contribution in [-0.4, -0.2) is 43.8 Å². The second-order valence-electron chi connectivity index (χ2n) is 6.50. The number of aromatic nitrogens is 1. The summed E-state index contributed by atoms with van der Waals surface area (Å²) in [5, 5.41) is 10.2. The molecule has 0 aliphatic carbocycles. The number of carboxylic acid groups (broad SMARTS) is 1. The van der Waals surface area contributed by atoms with Crippen molar-refractivity contribution in [3.05, 3.63) is 35.3 Å². The van der Waals surface area contributed by atoms with Gasteiger partial charge in [-0.15, -0.1) is 0 Å². The summed E-state index contributed by atoms with van der Waals surface area (Å²) in [5.74, 6) is -1.96. The van der Waals surface area contributed by atoms with Crippen molar-refractivity contribution in [1.29, 1.82) is 0 Å². The summed E-state index contributed by atoms with van der Waals surface area (Å²) in [4.78, 5) is 40.1. The van der Waals surface area contributed by atoms with Gasteiger partial charge in [0.15, 0.2) is 5.12 Å². The minimum absolute atomic E-state index is 0.0852. The molecular weight excluding hydrogens is 359 g/mol. The summed E-state index contributed by atoms with van der Waals surface area (Å²) < 4.78 is 13.6. The zero-order chi connectivity index (χ0) is 19.0. The molecule has 138 valence electrons. The molecule has 0 saturated heterocycles. The fourth-order valence-corrected chi connectivity index (χ4v) is 3.90. The van der Waals surface area contributed by atoms with Gasteiger partial charge in [-0.1, -0.05) is 18.7 Å². The molecule has 2 aromatic rings. The average Bonchev–Trinajstić information content (AvgIpc) is 2.94. The van der Waals surface area contributed by atoms with Crippen molar-refractivity contribution >= 4 is 39.7 Å². The van der Waals surface area contributed by atoms with Crippen LogP contribution in [0.15, 0.2) is 18.2 Å². The molecule has 1 aromatic carbocycles. The normalized spacial score (nSPS) is 17.8. The summed E-state index contributed by atoms with van der Waals surface area (Å²) >= 11 is 1.05. The van der Waals surface area contributed by atoms with Crippen molar-refractivity contribution in [3.8, 4) is 0 Å². The van der Waals surface area contributed by atoms with Gasteiger partial charge in [0.2, 0.25) is 5.91 Å². The van der Waals surface area contributed by atoms with Crippen LogP contribution in [0.1, 0.15) is 25.1 Å². The molecule has 0 saturated carbocycles. The Morgan fingerprint density at radius 2 is 2.15 bits per heavy atom. The number of rotatable bonds is 4. The van der Waals surface area contributed by atoms with Gasteiger partial charge in [0.25, 0.3) is 0 Å². The molecule has 1 aliphatic heterocycles. The van der Waals surface area contributed by atoms with Gasteiger partial charge in [0.05, 0.1) is 6.54 Å². The van der Waals surface area contributed by atoms with Gasteiger partial charge < -0.3 is 15.0 Å². The van der Waals surface area contributed by atoms with Crippen LogP contribution >= 0.6 is 11.8 Å². The summed E-state index contributed by atoms with van der Waals surface area (Å²) in [7, 11) is 0. The third-order valence-corrected chi connectivity index (χ3v) is 5.66. The maximum atomic E-state index is 13.6. The van der Waals surface area contributed by atoms with Gasteiger partial charge in [0, 0.05) is 41.6 Å². The van der Waals surface area contributed by atoms with Crippen molar-refractivity contribution < 1.29 is 23.9 Å². The lowest BCUT2D eigenvalue weighted by molar-refractivity contribution is -0.152. The van der Waals surface area contributed by atoms with E-state index in [9.17, 15) is 23.9 Å². The van der Waals surface area contributed by atoms with Crippen LogP contribution in [0.2, 0.25) is 0 Å². The minimum atomic E-state index is -1.10. The van der Waals surface area contributed by atoms with E-state index >= 15 is 0 Å². The lowest BCUT2D eigenvalue weighted by Gasteiger charge is -2.34. The molecule has 1 amide bonds. The third-order valence-electron chi connectivity index (χ3n) is 4.59. The predicted octanol–water partition coefficient (Wildman–Crippen LogP) is 2.56. The van der Waals surface area contributed by atoms with E-state index in [2.05, 4.69) is 4.98 Å². The molecule has 0 spiro atoms. The lowest BCUT2D eigenvalue weighted by atomic mass is 9.95. The van der Waals surface area contributed by atoms with E-state index in [1.807, 2.05) is 0 Å². The number of hydrogen-bond acceptors (Lipinski definition) is 4. The highest BCUT2D eigenvalue weighted by Gasteiger charge is 2.37. The monoisotopic (exact) mass is 378 g/mol. The third kappa shape index (κ3) is 3.46. The van der Waals surface area contributed by atoms with E-state index in [4.69, 9.17) is 0 Å². The largest absolute Gasteiger partial charge is 0.480 e. The number of nitrogens with zero attached hydrogens (tertiary/aromatic N) is 1. The van der Waals surface area contributed by atoms with Crippen LogP contribution in [0.4, 0.5) is 4.39 Å². The van der Waals surface area contributed by atoms with E-state index in [0.29, 0.717) is 11.1 Å².